The maximum absolute atomic E-state index is 5.98. The molecule has 1 aromatic heterocycles. The van der Waals surface area contributed by atoms with Gasteiger partial charge in [-0.25, -0.2) is 0 Å². The fourth-order valence-corrected chi connectivity index (χ4v) is 2.22. The third-order valence-corrected chi connectivity index (χ3v) is 3.17. The Labute approximate surface area is 117 Å². The standard InChI is InChI=1S/C15H27N3O/c1-12(2)11-18(7-8-19-4)15(9-16)14-6-5-13(3)17-10-14/h5-6,10,12,15H,7-9,11,16H2,1-4H3. The van der Waals surface area contributed by atoms with Gasteiger partial charge in [-0.1, -0.05) is 19.9 Å². The summed E-state index contributed by atoms with van der Waals surface area (Å²) in [6.45, 7) is 9.67. The SMILES string of the molecule is COCCN(CC(C)C)C(CN)c1ccc(C)nc1. The van der Waals surface area contributed by atoms with Crippen LogP contribution in [0.15, 0.2) is 18.3 Å². The molecule has 0 saturated heterocycles. The number of hydrogen-bond acceptors (Lipinski definition) is 4. The number of ether oxygens (including phenoxy) is 1. The third-order valence-electron chi connectivity index (χ3n) is 3.17. The van der Waals surface area contributed by atoms with Crippen LogP contribution < -0.4 is 5.73 Å². The van der Waals surface area contributed by atoms with Gasteiger partial charge in [-0.3, -0.25) is 9.88 Å². The molecule has 4 heteroatoms. The molecule has 1 atom stereocenters. The minimum Gasteiger partial charge on any atom is -0.383 e. The van der Waals surface area contributed by atoms with E-state index in [-0.39, 0.29) is 6.04 Å². The fourth-order valence-electron chi connectivity index (χ4n) is 2.22. The molecule has 108 valence electrons. The van der Waals surface area contributed by atoms with E-state index in [1.165, 1.54) is 5.56 Å². The van der Waals surface area contributed by atoms with Gasteiger partial charge in [0.1, 0.15) is 0 Å². The molecule has 0 aliphatic carbocycles. The number of pyridine rings is 1. The van der Waals surface area contributed by atoms with Crippen molar-refractivity contribution in [3.05, 3.63) is 29.6 Å². The van der Waals surface area contributed by atoms with Crippen LogP contribution in [0.2, 0.25) is 0 Å². The van der Waals surface area contributed by atoms with Crippen LogP contribution >= 0.6 is 0 Å². The summed E-state index contributed by atoms with van der Waals surface area (Å²) >= 11 is 0. The minimum atomic E-state index is 0.214. The van der Waals surface area contributed by atoms with Crippen molar-refractivity contribution >= 4 is 0 Å². The Hall–Kier alpha value is -0.970. The van der Waals surface area contributed by atoms with Crippen LogP contribution in [0.5, 0.6) is 0 Å². The summed E-state index contributed by atoms with van der Waals surface area (Å²) in [4.78, 5) is 6.77. The van der Waals surface area contributed by atoms with Crippen molar-refractivity contribution in [2.45, 2.75) is 26.8 Å². The van der Waals surface area contributed by atoms with Crippen molar-refractivity contribution in [1.29, 1.82) is 0 Å². The van der Waals surface area contributed by atoms with Crippen LogP contribution in [0.3, 0.4) is 0 Å². The van der Waals surface area contributed by atoms with E-state index >= 15 is 0 Å². The van der Waals surface area contributed by atoms with Crippen molar-refractivity contribution in [3.63, 3.8) is 0 Å². The molecule has 2 N–H and O–H groups in total. The predicted octanol–water partition coefficient (Wildman–Crippen LogP) is 1.99. The second-order valence-corrected chi connectivity index (χ2v) is 5.37. The summed E-state index contributed by atoms with van der Waals surface area (Å²) in [6.07, 6.45) is 1.94. The molecule has 0 amide bonds. The molecule has 1 rings (SSSR count). The summed E-state index contributed by atoms with van der Waals surface area (Å²) in [5.74, 6) is 0.601. The molecule has 1 unspecified atom stereocenters. The van der Waals surface area contributed by atoms with E-state index < -0.39 is 0 Å². The van der Waals surface area contributed by atoms with Gasteiger partial charge in [-0.15, -0.1) is 0 Å². The van der Waals surface area contributed by atoms with Crippen molar-refractivity contribution in [3.8, 4) is 0 Å². The van der Waals surface area contributed by atoms with Crippen LogP contribution in [0.25, 0.3) is 0 Å². The molecular formula is C15H27N3O. The molecule has 19 heavy (non-hydrogen) atoms. The first-order valence-electron chi connectivity index (χ1n) is 6.94. The normalized spacial score (nSPS) is 13.2. The van der Waals surface area contributed by atoms with Crippen molar-refractivity contribution in [2.75, 3.05) is 33.4 Å². The zero-order valence-electron chi connectivity index (χ0n) is 12.6. The molecule has 0 spiro atoms. The van der Waals surface area contributed by atoms with Crippen LogP contribution in [0.1, 0.15) is 31.1 Å². The van der Waals surface area contributed by atoms with Crippen molar-refractivity contribution in [2.24, 2.45) is 11.7 Å². The second kappa shape index (κ2) is 8.25. The maximum atomic E-state index is 5.98. The van der Waals surface area contributed by atoms with Gasteiger partial charge >= 0.3 is 0 Å². The maximum Gasteiger partial charge on any atom is 0.0589 e. The quantitative estimate of drug-likeness (QED) is 0.781. The molecule has 1 heterocycles. The van der Waals surface area contributed by atoms with Crippen molar-refractivity contribution in [1.82, 2.24) is 9.88 Å². The van der Waals surface area contributed by atoms with Gasteiger partial charge < -0.3 is 10.5 Å². The number of aromatic nitrogens is 1. The van der Waals surface area contributed by atoms with E-state index in [2.05, 4.69) is 29.8 Å². The lowest BCUT2D eigenvalue weighted by molar-refractivity contribution is 0.112. The summed E-state index contributed by atoms with van der Waals surface area (Å²) in [5, 5.41) is 0. The first kappa shape index (κ1) is 16.1. The first-order valence-corrected chi connectivity index (χ1v) is 6.94. The van der Waals surface area contributed by atoms with Crippen LogP contribution in [-0.4, -0.2) is 43.2 Å². The number of nitrogens with zero attached hydrogens (tertiary/aromatic N) is 2. The Kier molecular flexibility index (Phi) is 6.99. The molecule has 0 aliphatic heterocycles. The Morgan fingerprint density at radius 3 is 2.58 bits per heavy atom. The molecule has 0 aromatic carbocycles. The third kappa shape index (κ3) is 5.27. The number of aryl methyl sites for hydroxylation is 1. The van der Waals surface area contributed by atoms with Gasteiger partial charge in [-0.05, 0) is 24.5 Å². The van der Waals surface area contributed by atoms with Gasteiger partial charge in [0, 0.05) is 44.7 Å². The van der Waals surface area contributed by atoms with E-state index in [1.54, 1.807) is 7.11 Å². The van der Waals surface area contributed by atoms with Gasteiger partial charge in [0.2, 0.25) is 0 Å². The number of hydrogen-bond donors (Lipinski definition) is 1. The number of nitrogens with two attached hydrogens (primary N) is 1. The summed E-state index contributed by atoms with van der Waals surface area (Å²) in [6, 6.07) is 4.38. The molecule has 0 bridgehead atoms. The van der Waals surface area contributed by atoms with Gasteiger partial charge in [0.15, 0.2) is 0 Å². The first-order chi connectivity index (χ1) is 9.08. The van der Waals surface area contributed by atoms with Crippen molar-refractivity contribution < 1.29 is 4.74 Å². The zero-order valence-corrected chi connectivity index (χ0v) is 12.6. The molecule has 1 aromatic rings. The van der Waals surface area contributed by atoms with Crippen LogP contribution in [-0.2, 0) is 4.74 Å². The smallest absolute Gasteiger partial charge is 0.0589 e. The summed E-state index contributed by atoms with van der Waals surface area (Å²) in [7, 11) is 1.73. The minimum absolute atomic E-state index is 0.214. The van der Waals surface area contributed by atoms with Crippen LogP contribution in [0, 0.1) is 12.8 Å². The monoisotopic (exact) mass is 265 g/mol. The highest BCUT2D eigenvalue weighted by molar-refractivity contribution is 5.17. The Morgan fingerprint density at radius 1 is 1.37 bits per heavy atom. The molecule has 0 aliphatic rings. The highest BCUT2D eigenvalue weighted by Gasteiger charge is 2.19. The lowest BCUT2D eigenvalue weighted by atomic mass is 10.1. The number of methoxy groups -OCH3 is 1. The topological polar surface area (TPSA) is 51.4 Å². The Balaban J connectivity index is 2.84. The Morgan fingerprint density at radius 2 is 2.11 bits per heavy atom. The zero-order chi connectivity index (χ0) is 14.3. The Bertz CT molecular complexity index is 351. The molecule has 0 fully saturated rings. The number of rotatable bonds is 8. The highest BCUT2D eigenvalue weighted by Crippen LogP contribution is 2.20. The fraction of sp³-hybridized carbons (Fsp3) is 0.667. The summed E-state index contributed by atoms with van der Waals surface area (Å²) in [5.41, 5.74) is 8.20. The average Bonchev–Trinajstić information content (AvgIpc) is 2.38. The van der Waals surface area contributed by atoms with Gasteiger partial charge in [0.05, 0.1) is 6.61 Å². The highest BCUT2D eigenvalue weighted by atomic mass is 16.5. The second-order valence-electron chi connectivity index (χ2n) is 5.37. The largest absolute Gasteiger partial charge is 0.383 e. The average molecular weight is 265 g/mol. The van der Waals surface area contributed by atoms with E-state index in [0.717, 1.165) is 25.4 Å². The lowest BCUT2D eigenvalue weighted by Gasteiger charge is -2.32. The van der Waals surface area contributed by atoms with E-state index in [4.69, 9.17) is 10.5 Å². The molecule has 4 nitrogen and oxygen atoms in total. The summed E-state index contributed by atoms with van der Waals surface area (Å²) < 4.78 is 5.21. The molecule has 0 radical (unpaired) electrons. The van der Waals surface area contributed by atoms with Crippen LogP contribution in [0.4, 0.5) is 0 Å². The molecular weight excluding hydrogens is 238 g/mol. The lowest BCUT2D eigenvalue weighted by Crippen LogP contribution is -2.38. The van der Waals surface area contributed by atoms with E-state index in [9.17, 15) is 0 Å². The van der Waals surface area contributed by atoms with Gasteiger partial charge in [-0.2, -0.15) is 0 Å². The molecule has 0 saturated carbocycles. The van der Waals surface area contributed by atoms with E-state index in [1.807, 2.05) is 19.2 Å². The predicted molar refractivity (Wildman–Crippen MR) is 79.1 cm³/mol. The van der Waals surface area contributed by atoms with E-state index in [0.29, 0.717) is 12.5 Å². The van der Waals surface area contributed by atoms with Gasteiger partial charge in [0.25, 0.3) is 0 Å².